The molecule has 56 valence electrons. The Labute approximate surface area is 68.6 Å². The van der Waals surface area contributed by atoms with Gasteiger partial charge in [0.25, 0.3) is 0 Å². The Balaban J connectivity index is 3.18. The zero-order chi connectivity index (χ0) is 7.33. The van der Waals surface area contributed by atoms with E-state index in [1.807, 2.05) is 0 Å². The highest BCUT2D eigenvalue weighted by molar-refractivity contribution is 8.63. The second-order valence-electron chi connectivity index (χ2n) is 2.48. The minimum atomic E-state index is -1.17. The number of hydrogen-bond acceptors (Lipinski definition) is 1. The number of rotatable bonds is 4. The molecule has 0 aliphatic carbocycles. The van der Waals surface area contributed by atoms with E-state index in [-0.39, 0.29) is 0 Å². The van der Waals surface area contributed by atoms with Crippen molar-refractivity contribution in [1.82, 2.24) is 0 Å². The maximum Gasteiger partial charge on any atom is 0.000483 e. The topological polar surface area (TPSA) is 0 Å². The smallest absolute Gasteiger partial charge is 0.000483 e. The van der Waals surface area contributed by atoms with Crippen LogP contribution in [0, 0.1) is 0 Å². The second kappa shape index (κ2) is 4.76. The van der Waals surface area contributed by atoms with Crippen molar-refractivity contribution in [1.29, 1.82) is 0 Å². The maximum atomic E-state index is 5.17. The van der Waals surface area contributed by atoms with Gasteiger partial charge in [0.1, 0.15) is 0 Å². The molecule has 3 heteroatoms. The first kappa shape index (κ1) is 10.0. The van der Waals surface area contributed by atoms with E-state index in [9.17, 15) is 0 Å². The average Bonchev–Trinajstić information content (AvgIpc) is 1.63. The fourth-order valence-corrected chi connectivity index (χ4v) is 2.28. The summed E-state index contributed by atoms with van der Waals surface area (Å²) in [5.74, 6) is 0. The molecular formula is C6H15PS2. The summed E-state index contributed by atoms with van der Waals surface area (Å²) in [5, 5.41) is -1.17. The predicted molar refractivity (Wildman–Crippen MR) is 53.6 cm³/mol. The minimum absolute atomic E-state index is 1.17. The van der Waals surface area contributed by atoms with E-state index < -0.39 is 5.24 Å². The standard InChI is InChI=1S/C6H15PS2/c1-3-4-5-6-7(2,8)9/h3-6H2,1-2H3,(H,8,9). The lowest BCUT2D eigenvalue weighted by Crippen LogP contribution is -1.81. The number of thiol groups is 1. The van der Waals surface area contributed by atoms with Crippen LogP contribution in [0.2, 0.25) is 0 Å². The zero-order valence-electron chi connectivity index (χ0n) is 6.13. The molecule has 0 aliphatic heterocycles. The van der Waals surface area contributed by atoms with Gasteiger partial charge in [0.2, 0.25) is 0 Å². The molecule has 0 amide bonds. The summed E-state index contributed by atoms with van der Waals surface area (Å²) in [6, 6.07) is 0. The van der Waals surface area contributed by atoms with Crippen molar-refractivity contribution in [2.24, 2.45) is 0 Å². The first-order valence-electron chi connectivity index (χ1n) is 3.35. The molecule has 0 radical (unpaired) electrons. The molecule has 0 aromatic heterocycles. The first-order valence-corrected chi connectivity index (χ1v) is 7.94. The lowest BCUT2D eigenvalue weighted by atomic mass is 10.3. The van der Waals surface area contributed by atoms with Crippen LogP contribution in [0.15, 0.2) is 0 Å². The van der Waals surface area contributed by atoms with Crippen LogP contribution in [-0.2, 0) is 11.8 Å². The van der Waals surface area contributed by atoms with Crippen molar-refractivity contribution in [3.8, 4) is 0 Å². The van der Waals surface area contributed by atoms with Crippen LogP contribution in [0.25, 0.3) is 0 Å². The summed E-state index contributed by atoms with van der Waals surface area (Å²) >= 11 is 9.53. The van der Waals surface area contributed by atoms with E-state index in [1.54, 1.807) is 0 Å². The fraction of sp³-hybridized carbons (Fsp3) is 1.00. The summed E-state index contributed by atoms with van der Waals surface area (Å²) in [7, 11) is 0. The molecule has 0 aromatic rings. The molecule has 0 nitrogen and oxygen atoms in total. The van der Waals surface area contributed by atoms with Gasteiger partial charge in [-0.15, -0.1) is 12.2 Å². The van der Waals surface area contributed by atoms with Gasteiger partial charge in [0, 0.05) is 5.24 Å². The Hall–Kier alpha value is 1.00. The normalized spacial score (nSPS) is 17.2. The molecule has 0 heterocycles. The van der Waals surface area contributed by atoms with Crippen LogP contribution in [0.4, 0.5) is 0 Å². The highest BCUT2D eigenvalue weighted by atomic mass is 32.9. The lowest BCUT2D eigenvalue weighted by Gasteiger charge is -2.06. The van der Waals surface area contributed by atoms with Crippen molar-refractivity contribution in [2.75, 3.05) is 12.8 Å². The van der Waals surface area contributed by atoms with E-state index in [0.717, 1.165) is 0 Å². The third-order valence-electron chi connectivity index (χ3n) is 1.18. The van der Waals surface area contributed by atoms with Gasteiger partial charge in [-0.1, -0.05) is 31.6 Å². The molecule has 1 unspecified atom stereocenters. The zero-order valence-corrected chi connectivity index (χ0v) is 8.74. The third-order valence-corrected chi connectivity index (χ3v) is 3.47. The molecule has 0 aliphatic rings. The molecule has 1 atom stereocenters. The van der Waals surface area contributed by atoms with Crippen molar-refractivity contribution in [2.45, 2.75) is 26.2 Å². The maximum absolute atomic E-state index is 5.17. The van der Waals surface area contributed by atoms with E-state index in [2.05, 4.69) is 25.8 Å². The van der Waals surface area contributed by atoms with Crippen LogP contribution < -0.4 is 0 Å². The van der Waals surface area contributed by atoms with Gasteiger partial charge < -0.3 is 0 Å². The van der Waals surface area contributed by atoms with Crippen LogP contribution in [-0.4, -0.2) is 12.8 Å². The van der Waals surface area contributed by atoms with Gasteiger partial charge >= 0.3 is 0 Å². The number of unbranched alkanes of at least 4 members (excludes halogenated alkanes) is 2. The minimum Gasteiger partial charge on any atom is -0.141 e. The largest absolute Gasteiger partial charge is 0.141 e. The molecule has 0 saturated heterocycles. The first-order chi connectivity index (χ1) is 4.06. The van der Waals surface area contributed by atoms with Crippen molar-refractivity contribution in [3.63, 3.8) is 0 Å². The summed E-state index contributed by atoms with van der Waals surface area (Å²) < 4.78 is 0. The van der Waals surface area contributed by atoms with Crippen molar-refractivity contribution >= 4 is 29.3 Å². The van der Waals surface area contributed by atoms with Crippen LogP contribution in [0.1, 0.15) is 26.2 Å². The Kier molecular flexibility index (Phi) is 5.29. The van der Waals surface area contributed by atoms with Gasteiger partial charge in [-0.3, -0.25) is 0 Å². The van der Waals surface area contributed by atoms with Gasteiger partial charge in [-0.2, -0.15) is 0 Å². The van der Waals surface area contributed by atoms with Gasteiger partial charge in [0.05, 0.1) is 0 Å². The highest BCUT2D eigenvalue weighted by Crippen LogP contribution is 2.47. The molecule has 0 fully saturated rings. The van der Waals surface area contributed by atoms with Crippen molar-refractivity contribution < 1.29 is 0 Å². The molecule has 0 N–H and O–H groups in total. The second-order valence-corrected chi connectivity index (χ2v) is 10.9. The Morgan fingerprint density at radius 3 is 2.33 bits per heavy atom. The van der Waals surface area contributed by atoms with Gasteiger partial charge in [-0.05, 0) is 19.2 Å². The van der Waals surface area contributed by atoms with Gasteiger partial charge in [-0.25, -0.2) is 0 Å². The van der Waals surface area contributed by atoms with E-state index >= 15 is 0 Å². The van der Waals surface area contributed by atoms with E-state index in [1.165, 1.54) is 25.4 Å². The molecule has 0 spiro atoms. The Morgan fingerprint density at radius 2 is 2.00 bits per heavy atom. The fourth-order valence-electron chi connectivity index (χ4n) is 0.655. The number of hydrogen-bond donors (Lipinski definition) is 1. The summed E-state index contributed by atoms with van der Waals surface area (Å²) in [4.78, 5) is 0. The Bertz CT molecular complexity index is 106. The molecule has 0 bridgehead atoms. The molecular weight excluding hydrogens is 167 g/mol. The molecule has 0 aromatic carbocycles. The van der Waals surface area contributed by atoms with Crippen LogP contribution in [0.5, 0.6) is 0 Å². The lowest BCUT2D eigenvalue weighted by molar-refractivity contribution is 0.777. The summed E-state index contributed by atoms with van der Waals surface area (Å²) in [6.07, 6.45) is 5.03. The van der Waals surface area contributed by atoms with Gasteiger partial charge in [0.15, 0.2) is 0 Å². The quantitative estimate of drug-likeness (QED) is 0.396. The SMILES string of the molecule is CCCCCP(C)(=S)S. The summed E-state index contributed by atoms with van der Waals surface area (Å²) in [5.41, 5.74) is 0. The summed E-state index contributed by atoms with van der Waals surface area (Å²) in [6.45, 7) is 4.30. The Morgan fingerprint density at radius 1 is 1.44 bits per heavy atom. The van der Waals surface area contributed by atoms with E-state index in [4.69, 9.17) is 11.8 Å². The molecule has 0 rings (SSSR count). The average molecular weight is 182 g/mol. The monoisotopic (exact) mass is 182 g/mol. The predicted octanol–water partition coefficient (Wildman–Crippen LogP) is 3.13. The van der Waals surface area contributed by atoms with Crippen molar-refractivity contribution in [3.05, 3.63) is 0 Å². The van der Waals surface area contributed by atoms with Crippen LogP contribution in [0.3, 0.4) is 0 Å². The molecule has 0 saturated carbocycles. The van der Waals surface area contributed by atoms with E-state index in [0.29, 0.717) is 0 Å². The van der Waals surface area contributed by atoms with Crippen LogP contribution >= 0.6 is 17.5 Å². The molecule has 9 heavy (non-hydrogen) atoms. The highest BCUT2D eigenvalue weighted by Gasteiger charge is 2.00. The third kappa shape index (κ3) is 9.00.